The third kappa shape index (κ3) is 3.96. The molecule has 6 rings (SSSR count). The molecule has 9 unspecified atom stereocenters. The van der Waals surface area contributed by atoms with Crippen molar-refractivity contribution >= 4 is 27.1 Å². The minimum absolute atomic E-state index is 0.0343. The van der Waals surface area contributed by atoms with Crippen molar-refractivity contribution in [1.29, 1.82) is 5.41 Å². The second-order valence-electron chi connectivity index (χ2n) is 16.5. The van der Waals surface area contributed by atoms with Crippen LogP contribution in [-0.2, 0) is 14.6 Å². The minimum atomic E-state index is -3.27. The van der Waals surface area contributed by atoms with Gasteiger partial charge in [0.05, 0.1) is 10.3 Å². The third-order valence-electron chi connectivity index (χ3n) is 14.3. The summed E-state index contributed by atoms with van der Waals surface area (Å²) in [5.41, 5.74) is 3.12. The predicted molar refractivity (Wildman–Crippen MR) is 173 cm³/mol. The molecule has 4 saturated carbocycles. The molecular weight excluding hydrogens is 554 g/mol. The van der Waals surface area contributed by atoms with E-state index in [2.05, 4.69) is 54.2 Å². The Labute approximate surface area is 259 Å². The number of rotatable bonds is 4. The molecule has 9 atom stereocenters. The van der Waals surface area contributed by atoms with Gasteiger partial charge < -0.3 is 10.5 Å². The number of hydrogen-bond acceptors (Lipinski definition) is 4. The van der Waals surface area contributed by atoms with Crippen LogP contribution in [0.1, 0.15) is 98.5 Å². The molecule has 0 saturated heterocycles. The van der Waals surface area contributed by atoms with Gasteiger partial charge in [-0.25, -0.2) is 8.42 Å². The normalized spacial score (nSPS) is 43.5. The molecule has 1 aromatic carbocycles. The fourth-order valence-electron chi connectivity index (χ4n) is 12.5. The smallest absolute Gasteiger partial charge is 0.309 e. The van der Waals surface area contributed by atoms with Gasteiger partial charge in [-0.15, -0.1) is 0 Å². The van der Waals surface area contributed by atoms with Crippen LogP contribution in [-0.4, -0.2) is 31.5 Å². The monoisotopic (exact) mass is 605 g/mol. The molecule has 5 aliphatic rings. The van der Waals surface area contributed by atoms with Gasteiger partial charge in [-0.2, -0.15) is 0 Å². The number of hydrogen-bond donors (Lipinski definition) is 2. The molecule has 4 fully saturated rings. The van der Waals surface area contributed by atoms with Crippen LogP contribution in [0.25, 0.3) is 5.57 Å². The first-order chi connectivity index (χ1) is 19.8. The van der Waals surface area contributed by atoms with Crippen LogP contribution in [0, 0.1) is 62.1 Å². The van der Waals surface area contributed by atoms with Gasteiger partial charge in [0.25, 0.3) is 0 Å². The summed E-state index contributed by atoms with van der Waals surface area (Å²) in [4.78, 5) is 13.3. The molecule has 5 nitrogen and oxygen atoms in total. The van der Waals surface area contributed by atoms with E-state index >= 15 is 0 Å². The van der Waals surface area contributed by atoms with Gasteiger partial charge in [0.15, 0.2) is 9.84 Å². The fourth-order valence-corrected chi connectivity index (χ4v) is 13.1. The van der Waals surface area contributed by atoms with Crippen molar-refractivity contribution in [3.8, 4) is 0 Å². The van der Waals surface area contributed by atoms with Gasteiger partial charge in [0.1, 0.15) is 0 Å². The van der Waals surface area contributed by atoms with E-state index in [4.69, 9.17) is 0 Å². The number of carboxylic acids is 1. The maximum absolute atomic E-state index is 12.9. The molecule has 0 aromatic heterocycles. The van der Waals surface area contributed by atoms with Gasteiger partial charge in [-0.3, -0.25) is 4.79 Å². The molecule has 0 amide bonds. The lowest BCUT2D eigenvalue weighted by Gasteiger charge is -2.72. The number of sulfone groups is 1. The van der Waals surface area contributed by atoms with E-state index in [0.717, 1.165) is 68.2 Å². The molecule has 1 aromatic rings. The Morgan fingerprint density at radius 1 is 0.977 bits per heavy atom. The zero-order valence-corrected chi connectivity index (χ0v) is 28.0. The first-order valence-corrected chi connectivity index (χ1v) is 18.2. The largest absolute Gasteiger partial charge is 0.481 e. The van der Waals surface area contributed by atoms with Crippen molar-refractivity contribution < 1.29 is 18.3 Å². The van der Waals surface area contributed by atoms with E-state index in [9.17, 15) is 23.7 Å². The second kappa shape index (κ2) is 9.40. The maximum atomic E-state index is 12.9. The molecule has 0 aliphatic heterocycles. The SMILES string of the molecule is C=C(C)C1CCC2(C(=O)O)CCC3(C)C(CCC4C5(C)CC=C(c6ccc(S(C)(=O)=O)cc6)C(C)(C)C5C(=N)CC43C)C12. The van der Waals surface area contributed by atoms with E-state index in [1.807, 2.05) is 12.1 Å². The van der Waals surface area contributed by atoms with Gasteiger partial charge >= 0.3 is 5.97 Å². The van der Waals surface area contributed by atoms with Crippen LogP contribution < -0.4 is 0 Å². The first-order valence-electron chi connectivity index (χ1n) is 16.3. The lowest BCUT2D eigenvalue weighted by molar-refractivity contribution is -0.208. The van der Waals surface area contributed by atoms with Crippen molar-refractivity contribution in [3.05, 3.63) is 48.1 Å². The number of fused-ring (bicyclic) bond motifs is 7. The van der Waals surface area contributed by atoms with Gasteiger partial charge in [-0.1, -0.05) is 65.0 Å². The molecule has 5 aliphatic carbocycles. The molecule has 234 valence electrons. The molecule has 0 bridgehead atoms. The highest BCUT2D eigenvalue weighted by molar-refractivity contribution is 7.90. The van der Waals surface area contributed by atoms with Gasteiger partial charge in [0, 0.05) is 17.9 Å². The average Bonchev–Trinajstić information content (AvgIpc) is 3.30. The molecular formula is C37H51NO4S. The summed E-state index contributed by atoms with van der Waals surface area (Å²) in [7, 11) is -3.27. The molecule has 0 radical (unpaired) electrons. The standard InChI is InChI=1S/C37H51NO4S/c1-22(2)25-15-18-37(32(39)40)20-19-35(6)27(30(25)37)13-14-29-34(5)17-16-26(23-9-11-24(12-10-23)43(8,41)42)33(3,4)31(34)28(38)21-36(29,35)7/h9-12,16,25,27,29-31,38H,1,13-15,17-21H2,2-8H3,(H,39,40). The highest BCUT2D eigenvalue weighted by Crippen LogP contribution is 2.77. The minimum Gasteiger partial charge on any atom is -0.481 e. The van der Waals surface area contributed by atoms with E-state index in [0.29, 0.717) is 16.7 Å². The quantitative estimate of drug-likeness (QED) is 0.337. The lowest BCUT2D eigenvalue weighted by atomic mass is 9.32. The van der Waals surface area contributed by atoms with Crippen molar-refractivity contribution in [2.75, 3.05) is 6.26 Å². The second-order valence-corrected chi connectivity index (χ2v) is 18.5. The summed E-state index contributed by atoms with van der Waals surface area (Å²) < 4.78 is 24.2. The Kier molecular flexibility index (Phi) is 6.74. The lowest BCUT2D eigenvalue weighted by Crippen LogP contribution is -2.67. The van der Waals surface area contributed by atoms with E-state index < -0.39 is 21.2 Å². The number of aliphatic carboxylic acids is 1. The van der Waals surface area contributed by atoms with E-state index in [1.54, 1.807) is 12.1 Å². The van der Waals surface area contributed by atoms with Crippen LogP contribution in [0.15, 0.2) is 47.4 Å². The van der Waals surface area contributed by atoms with E-state index in [-0.39, 0.29) is 39.4 Å². The molecule has 2 N–H and O–H groups in total. The Bertz CT molecular complexity index is 1540. The van der Waals surface area contributed by atoms with Crippen LogP contribution in [0.4, 0.5) is 0 Å². The number of nitrogens with one attached hydrogen (secondary N) is 1. The van der Waals surface area contributed by atoms with E-state index in [1.165, 1.54) is 11.8 Å². The Balaban J connectivity index is 1.40. The first kappa shape index (κ1) is 30.8. The van der Waals surface area contributed by atoms with Crippen molar-refractivity contribution in [2.45, 2.75) is 97.8 Å². The van der Waals surface area contributed by atoms with Crippen molar-refractivity contribution in [3.63, 3.8) is 0 Å². The Morgan fingerprint density at radius 2 is 1.63 bits per heavy atom. The number of carboxylic acid groups (broad SMARTS) is 1. The summed E-state index contributed by atoms with van der Waals surface area (Å²) in [6.45, 7) is 18.4. The Hall–Kier alpha value is -2.21. The van der Waals surface area contributed by atoms with Crippen molar-refractivity contribution in [2.24, 2.45) is 56.7 Å². The summed E-state index contributed by atoms with van der Waals surface area (Å²) in [5.74, 6) is 0.640. The van der Waals surface area contributed by atoms with Gasteiger partial charge in [-0.05, 0) is 127 Å². The zero-order valence-electron chi connectivity index (χ0n) is 27.2. The number of carbonyl (C=O) groups is 1. The fraction of sp³-hybridized carbons (Fsp3) is 0.676. The average molecular weight is 606 g/mol. The van der Waals surface area contributed by atoms with Crippen molar-refractivity contribution in [1.82, 2.24) is 0 Å². The highest BCUT2D eigenvalue weighted by atomic mass is 32.2. The zero-order chi connectivity index (χ0) is 31.5. The molecule has 0 heterocycles. The summed E-state index contributed by atoms with van der Waals surface area (Å²) >= 11 is 0. The Morgan fingerprint density at radius 3 is 2.21 bits per heavy atom. The predicted octanol–water partition coefficient (Wildman–Crippen LogP) is 8.46. The molecule has 43 heavy (non-hydrogen) atoms. The number of allylic oxidation sites excluding steroid dienone is 3. The number of benzene rings is 1. The molecule has 6 heteroatoms. The topological polar surface area (TPSA) is 95.3 Å². The van der Waals surface area contributed by atoms with Crippen LogP contribution in [0.3, 0.4) is 0 Å². The molecule has 0 spiro atoms. The third-order valence-corrected chi connectivity index (χ3v) is 15.5. The van der Waals surface area contributed by atoms with Crippen LogP contribution in [0.5, 0.6) is 0 Å². The summed E-state index contributed by atoms with van der Waals surface area (Å²) in [6.07, 6.45) is 10.8. The highest BCUT2D eigenvalue weighted by Gasteiger charge is 2.72. The van der Waals surface area contributed by atoms with Gasteiger partial charge in [0.2, 0.25) is 0 Å². The maximum Gasteiger partial charge on any atom is 0.309 e. The van der Waals surface area contributed by atoms with Crippen LogP contribution >= 0.6 is 0 Å². The summed E-state index contributed by atoms with van der Waals surface area (Å²) in [5, 5.41) is 20.4. The van der Waals surface area contributed by atoms with Crippen LogP contribution in [0.2, 0.25) is 0 Å². The summed E-state index contributed by atoms with van der Waals surface area (Å²) in [6, 6.07) is 7.29.